The number of aromatic amines is 1. The molecule has 38 heavy (non-hydrogen) atoms. The van der Waals surface area contributed by atoms with Gasteiger partial charge in [-0.15, -0.1) is 11.3 Å². The van der Waals surface area contributed by atoms with E-state index in [4.69, 9.17) is 0 Å². The predicted octanol–water partition coefficient (Wildman–Crippen LogP) is 4.37. The monoisotopic (exact) mass is 532 g/mol. The topological polar surface area (TPSA) is 89.8 Å². The number of likely N-dealkylation sites (tertiary alicyclic amines) is 2. The highest BCUT2D eigenvalue weighted by molar-refractivity contribution is 7.19. The third-order valence-electron chi connectivity index (χ3n) is 9.48. The number of fused-ring (bicyclic) bond motifs is 4. The molecule has 3 atom stereocenters. The first kappa shape index (κ1) is 24.3. The molecule has 3 aliphatic rings. The SMILES string of the molecule is Cc1c(-c2[nH]c3sc([C@@H]4CC5C[C@H]4CN5CC(=O)N4CC(O)C4)c(C)c3c2C(C)C)cn2ncnc2c1C. The lowest BCUT2D eigenvalue weighted by atomic mass is 9.88. The van der Waals surface area contributed by atoms with Crippen molar-refractivity contribution < 1.29 is 9.90 Å². The molecule has 0 radical (unpaired) electrons. The van der Waals surface area contributed by atoms with Crippen molar-refractivity contribution in [1.82, 2.24) is 29.4 Å². The zero-order chi connectivity index (χ0) is 26.5. The van der Waals surface area contributed by atoms with Crippen LogP contribution < -0.4 is 0 Å². The molecule has 3 fully saturated rings. The Labute approximate surface area is 226 Å². The molecule has 4 aromatic rings. The van der Waals surface area contributed by atoms with Gasteiger partial charge in [-0.2, -0.15) is 5.10 Å². The second kappa shape index (κ2) is 8.63. The molecule has 1 amide bonds. The van der Waals surface area contributed by atoms with Crippen LogP contribution in [0.5, 0.6) is 0 Å². The molecule has 2 bridgehead atoms. The number of aromatic nitrogens is 4. The van der Waals surface area contributed by atoms with Crippen molar-refractivity contribution in [1.29, 1.82) is 0 Å². The maximum atomic E-state index is 12.6. The fraction of sp³-hybridized carbons (Fsp3) is 0.552. The van der Waals surface area contributed by atoms with Crippen LogP contribution in [0.3, 0.4) is 0 Å². The lowest BCUT2D eigenvalue weighted by molar-refractivity contribution is -0.142. The van der Waals surface area contributed by atoms with E-state index in [1.165, 1.54) is 55.0 Å². The molecule has 2 saturated heterocycles. The summed E-state index contributed by atoms with van der Waals surface area (Å²) in [6.45, 7) is 13.7. The number of nitrogens with one attached hydrogen (secondary N) is 1. The number of β-amino-alcohol motifs (C(OH)–C–C–N with tert-alkyl or cyclic N) is 1. The Kier molecular flexibility index (Phi) is 5.52. The third-order valence-corrected chi connectivity index (χ3v) is 10.8. The van der Waals surface area contributed by atoms with Crippen molar-refractivity contribution in [2.24, 2.45) is 5.92 Å². The summed E-state index contributed by atoms with van der Waals surface area (Å²) in [7, 11) is 0. The number of piperidine rings is 1. The van der Waals surface area contributed by atoms with Gasteiger partial charge in [0.25, 0.3) is 0 Å². The van der Waals surface area contributed by atoms with Gasteiger partial charge in [0.05, 0.1) is 18.3 Å². The summed E-state index contributed by atoms with van der Waals surface area (Å²) in [5, 5.41) is 15.4. The number of carbonyl (C=O) groups is 1. The Morgan fingerprint density at radius 2 is 1.95 bits per heavy atom. The molecule has 6 heterocycles. The number of thiophene rings is 1. The zero-order valence-electron chi connectivity index (χ0n) is 22.8. The van der Waals surface area contributed by atoms with E-state index < -0.39 is 0 Å². The highest BCUT2D eigenvalue weighted by atomic mass is 32.1. The fourth-order valence-electron chi connectivity index (χ4n) is 7.34. The Morgan fingerprint density at radius 1 is 1.16 bits per heavy atom. The maximum Gasteiger partial charge on any atom is 0.236 e. The highest BCUT2D eigenvalue weighted by Gasteiger charge is 2.47. The number of amides is 1. The summed E-state index contributed by atoms with van der Waals surface area (Å²) >= 11 is 1.94. The first-order valence-electron chi connectivity index (χ1n) is 13.9. The first-order valence-corrected chi connectivity index (χ1v) is 14.7. The van der Waals surface area contributed by atoms with E-state index in [0.29, 0.717) is 43.4 Å². The molecule has 1 aliphatic carbocycles. The van der Waals surface area contributed by atoms with Gasteiger partial charge < -0.3 is 15.0 Å². The minimum Gasteiger partial charge on any atom is -0.389 e. The van der Waals surface area contributed by atoms with Crippen LogP contribution in [0.15, 0.2) is 12.5 Å². The van der Waals surface area contributed by atoms with E-state index in [2.05, 4.69) is 60.8 Å². The van der Waals surface area contributed by atoms with Crippen LogP contribution in [0, 0.1) is 26.7 Å². The van der Waals surface area contributed by atoms with Gasteiger partial charge in [-0.05, 0) is 73.6 Å². The van der Waals surface area contributed by atoms with Gasteiger partial charge in [0.15, 0.2) is 5.65 Å². The van der Waals surface area contributed by atoms with Crippen LogP contribution in [-0.4, -0.2) is 78.7 Å². The minimum atomic E-state index is -0.334. The van der Waals surface area contributed by atoms with Gasteiger partial charge in [0.2, 0.25) is 5.91 Å². The van der Waals surface area contributed by atoms with Crippen molar-refractivity contribution in [2.45, 2.75) is 71.4 Å². The van der Waals surface area contributed by atoms with Crippen molar-refractivity contribution in [3.8, 4) is 11.3 Å². The normalized spacial score (nSPS) is 24.0. The van der Waals surface area contributed by atoms with Crippen molar-refractivity contribution in [2.75, 3.05) is 26.2 Å². The van der Waals surface area contributed by atoms with Gasteiger partial charge in [0, 0.05) is 47.7 Å². The second-order valence-electron chi connectivity index (χ2n) is 12.1. The van der Waals surface area contributed by atoms with Gasteiger partial charge in [-0.25, -0.2) is 9.50 Å². The average Bonchev–Trinajstić information content (AvgIpc) is 3.66. The van der Waals surface area contributed by atoms with Crippen molar-refractivity contribution >= 4 is 33.1 Å². The van der Waals surface area contributed by atoms with E-state index in [0.717, 1.165) is 18.6 Å². The van der Waals surface area contributed by atoms with Crippen LogP contribution in [0.4, 0.5) is 0 Å². The van der Waals surface area contributed by atoms with Gasteiger partial charge >= 0.3 is 0 Å². The minimum absolute atomic E-state index is 0.170. The summed E-state index contributed by atoms with van der Waals surface area (Å²) in [4.78, 5) is 27.9. The number of pyridine rings is 1. The van der Waals surface area contributed by atoms with Crippen LogP contribution in [0.1, 0.15) is 65.7 Å². The molecular formula is C29H36N6O2S. The molecule has 7 rings (SSSR count). The van der Waals surface area contributed by atoms with Crippen LogP contribution in [-0.2, 0) is 4.79 Å². The van der Waals surface area contributed by atoms with Gasteiger partial charge in [-0.3, -0.25) is 9.69 Å². The highest BCUT2D eigenvalue weighted by Crippen LogP contribution is 2.53. The molecular weight excluding hydrogens is 496 g/mol. The summed E-state index contributed by atoms with van der Waals surface area (Å²) in [5.74, 6) is 1.73. The summed E-state index contributed by atoms with van der Waals surface area (Å²) < 4.78 is 1.89. The Morgan fingerprint density at radius 3 is 2.63 bits per heavy atom. The van der Waals surface area contributed by atoms with E-state index in [1.807, 2.05) is 15.9 Å². The van der Waals surface area contributed by atoms with Gasteiger partial charge in [-0.1, -0.05) is 13.8 Å². The summed E-state index contributed by atoms with van der Waals surface area (Å²) in [6.07, 6.45) is 5.73. The molecule has 4 aromatic heterocycles. The smallest absolute Gasteiger partial charge is 0.236 e. The number of hydrogen-bond acceptors (Lipinski definition) is 6. The zero-order valence-corrected chi connectivity index (χ0v) is 23.6. The Bertz CT molecular complexity index is 1570. The number of aryl methyl sites for hydroxylation is 2. The third kappa shape index (κ3) is 3.51. The molecule has 2 aliphatic heterocycles. The average molecular weight is 533 g/mol. The molecule has 0 aromatic carbocycles. The standard InChI is InChI=1S/C29H36N6O2S/c1-14(2)24-25-17(5)27(21-7-19-6-18(21)8-33(19)12-23(37)34-9-20(36)10-34)38-29(25)32-26(24)22-11-35-28(30-13-31-35)16(4)15(22)3/h11,13-14,18-21,32,36H,6-10,12H2,1-5H3/t18-,19?,21+/m0/s1. The molecule has 200 valence electrons. The number of H-pyrrole nitrogens is 1. The molecule has 8 nitrogen and oxygen atoms in total. The Hall–Kier alpha value is -2.75. The fourth-order valence-corrected chi connectivity index (χ4v) is 8.77. The largest absolute Gasteiger partial charge is 0.389 e. The van der Waals surface area contributed by atoms with Crippen LogP contribution >= 0.6 is 11.3 Å². The molecule has 2 N–H and O–H groups in total. The predicted molar refractivity (Wildman–Crippen MR) is 150 cm³/mol. The number of nitrogens with zero attached hydrogens (tertiary/aromatic N) is 5. The van der Waals surface area contributed by atoms with E-state index >= 15 is 0 Å². The number of aliphatic hydroxyl groups excluding tert-OH is 1. The van der Waals surface area contributed by atoms with Crippen LogP contribution in [0.2, 0.25) is 0 Å². The van der Waals surface area contributed by atoms with Crippen LogP contribution in [0.25, 0.3) is 27.1 Å². The van der Waals surface area contributed by atoms with Crippen molar-refractivity contribution in [3.63, 3.8) is 0 Å². The first-order chi connectivity index (χ1) is 18.2. The van der Waals surface area contributed by atoms with Gasteiger partial charge in [0.1, 0.15) is 11.2 Å². The summed E-state index contributed by atoms with van der Waals surface area (Å²) in [5.41, 5.74) is 8.57. The lowest BCUT2D eigenvalue weighted by Gasteiger charge is -2.38. The second-order valence-corrected chi connectivity index (χ2v) is 13.1. The molecule has 9 heteroatoms. The number of aliphatic hydroxyl groups is 1. The number of carbonyl (C=O) groups excluding carboxylic acids is 1. The maximum absolute atomic E-state index is 12.6. The quantitative estimate of drug-likeness (QED) is 0.399. The Balaban J connectivity index is 1.20. The van der Waals surface area contributed by atoms with Crippen molar-refractivity contribution in [3.05, 3.63) is 39.7 Å². The molecule has 0 spiro atoms. The molecule has 1 unspecified atom stereocenters. The van der Waals surface area contributed by atoms with E-state index in [9.17, 15) is 9.90 Å². The number of rotatable bonds is 5. The van der Waals surface area contributed by atoms with E-state index in [-0.39, 0.29) is 12.0 Å². The molecule has 1 saturated carbocycles. The summed E-state index contributed by atoms with van der Waals surface area (Å²) in [6, 6.07) is 0.486. The number of hydrogen-bond donors (Lipinski definition) is 2. The van der Waals surface area contributed by atoms with E-state index in [1.54, 1.807) is 11.2 Å². The lowest BCUT2D eigenvalue weighted by Crippen LogP contribution is -2.56.